The number of nitro benzene ring substituents is 2. The summed E-state index contributed by atoms with van der Waals surface area (Å²) in [6.07, 6.45) is 1.04. The van der Waals surface area contributed by atoms with Crippen LogP contribution in [-0.2, 0) is 9.53 Å². The summed E-state index contributed by atoms with van der Waals surface area (Å²) >= 11 is 0. The Morgan fingerprint density at radius 1 is 1.04 bits per heavy atom. The van der Waals surface area contributed by atoms with Crippen LogP contribution in [-0.4, -0.2) is 21.7 Å². The molecule has 0 aromatic heterocycles. The number of benzene rings is 2. The topological polar surface area (TPSA) is 148 Å². The summed E-state index contributed by atoms with van der Waals surface area (Å²) in [5.41, 5.74) is -1.06. The van der Waals surface area contributed by atoms with Gasteiger partial charge in [-0.1, -0.05) is 18.2 Å². The molecule has 3 rings (SSSR count). The number of cyclic esters (lactones) is 1. The normalized spacial score (nSPS) is 14.8. The summed E-state index contributed by atoms with van der Waals surface area (Å²) in [5.74, 6) is -1.76. The molecule has 0 amide bonds. The molecule has 1 heterocycles. The Morgan fingerprint density at radius 3 is 2.46 bits per heavy atom. The predicted molar refractivity (Wildman–Crippen MR) is 86.2 cm³/mol. The molecule has 0 unspecified atom stereocenters. The molecule has 1 aliphatic rings. The maximum atomic E-state index is 12.0. The van der Waals surface area contributed by atoms with Crippen LogP contribution in [0, 0.1) is 20.2 Å². The third kappa shape index (κ3) is 3.11. The van der Waals surface area contributed by atoms with Gasteiger partial charge in [0.15, 0.2) is 5.70 Å². The molecule has 0 saturated heterocycles. The van der Waals surface area contributed by atoms with Crippen molar-refractivity contribution in [3.8, 4) is 5.75 Å². The van der Waals surface area contributed by atoms with Crippen LogP contribution >= 0.6 is 0 Å². The number of non-ortho nitro benzene ring substituents is 1. The summed E-state index contributed by atoms with van der Waals surface area (Å²) in [4.78, 5) is 36.4. The van der Waals surface area contributed by atoms with Crippen LogP contribution < -0.4 is 5.11 Å². The molecule has 0 saturated carbocycles. The number of carbonyl (C=O) groups excluding carboxylic acids is 1. The molecule has 130 valence electrons. The van der Waals surface area contributed by atoms with Crippen molar-refractivity contribution < 1.29 is 24.5 Å². The maximum absolute atomic E-state index is 12.0. The van der Waals surface area contributed by atoms with Crippen molar-refractivity contribution in [2.75, 3.05) is 0 Å². The van der Waals surface area contributed by atoms with Crippen molar-refractivity contribution in [1.82, 2.24) is 0 Å². The zero-order valence-electron chi connectivity index (χ0n) is 12.8. The second-order valence-corrected chi connectivity index (χ2v) is 5.09. The van der Waals surface area contributed by atoms with E-state index in [-0.39, 0.29) is 34.1 Å². The zero-order valence-corrected chi connectivity index (χ0v) is 12.8. The zero-order chi connectivity index (χ0) is 18.8. The molecule has 0 atom stereocenters. The number of aliphatic imine (C=N–C) groups is 1. The first-order valence-electron chi connectivity index (χ1n) is 7.08. The van der Waals surface area contributed by atoms with Crippen LogP contribution in [0.1, 0.15) is 11.1 Å². The number of rotatable bonds is 4. The first-order chi connectivity index (χ1) is 12.4. The average Bonchev–Trinajstić information content (AvgIpc) is 2.97. The Bertz CT molecular complexity index is 1010. The SMILES string of the molecule is O=C1OC(c2ccccc2[N+](=O)[O-])=N/C1=C/c1cc([N+](=O)[O-])ccc1[O-]. The number of hydrogen-bond acceptors (Lipinski definition) is 8. The summed E-state index contributed by atoms with van der Waals surface area (Å²) < 4.78 is 4.94. The molecule has 0 fully saturated rings. The van der Waals surface area contributed by atoms with Gasteiger partial charge in [-0.15, -0.1) is 5.75 Å². The lowest BCUT2D eigenvalue weighted by Gasteiger charge is -2.09. The number of nitro groups is 2. The lowest BCUT2D eigenvalue weighted by atomic mass is 10.1. The maximum Gasteiger partial charge on any atom is 0.363 e. The largest absolute Gasteiger partial charge is 0.872 e. The van der Waals surface area contributed by atoms with Crippen molar-refractivity contribution in [1.29, 1.82) is 0 Å². The lowest BCUT2D eigenvalue weighted by molar-refractivity contribution is -0.385. The van der Waals surface area contributed by atoms with Gasteiger partial charge in [-0.2, -0.15) is 0 Å². The highest BCUT2D eigenvalue weighted by molar-refractivity contribution is 6.14. The van der Waals surface area contributed by atoms with Crippen LogP contribution in [0.25, 0.3) is 6.08 Å². The Labute approximate surface area is 145 Å². The van der Waals surface area contributed by atoms with Gasteiger partial charge in [0, 0.05) is 18.2 Å². The van der Waals surface area contributed by atoms with E-state index in [1.165, 1.54) is 24.3 Å². The summed E-state index contributed by atoms with van der Waals surface area (Å²) in [5, 5.41) is 33.7. The van der Waals surface area contributed by atoms with Crippen LogP contribution in [0.2, 0.25) is 0 Å². The molecule has 2 aromatic carbocycles. The van der Waals surface area contributed by atoms with Crippen LogP contribution in [0.3, 0.4) is 0 Å². The molecule has 10 heteroatoms. The van der Waals surface area contributed by atoms with E-state index in [0.717, 1.165) is 24.3 Å². The van der Waals surface area contributed by atoms with Gasteiger partial charge in [0.1, 0.15) is 5.56 Å². The molecule has 2 aromatic rings. The Morgan fingerprint density at radius 2 is 1.77 bits per heavy atom. The molecule has 0 spiro atoms. The fourth-order valence-corrected chi connectivity index (χ4v) is 2.25. The molecule has 1 aliphatic heterocycles. The Kier molecular flexibility index (Phi) is 4.15. The number of ether oxygens (including phenoxy) is 1. The van der Waals surface area contributed by atoms with Crippen molar-refractivity contribution in [3.63, 3.8) is 0 Å². The van der Waals surface area contributed by atoms with Crippen LogP contribution in [0.4, 0.5) is 11.4 Å². The van der Waals surface area contributed by atoms with Gasteiger partial charge in [0.2, 0.25) is 5.90 Å². The summed E-state index contributed by atoms with van der Waals surface area (Å²) in [6, 6.07) is 8.58. The van der Waals surface area contributed by atoms with Crippen molar-refractivity contribution in [3.05, 3.63) is 79.5 Å². The number of nitrogens with zero attached hydrogens (tertiary/aromatic N) is 3. The van der Waals surface area contributed by atoms with Gasteiger partial charge in [0.25, 0.3) is 11.4 Å². The van der Waals surface area contributed by atoms with Crippen LogP contribution in [0.5, 0.6) is 5.75 Å². The highest BCUT2D eigenvalue weighted by atomic mass is 16.6. The van der Waals surface area contributed by atoms with Crippen molar-refractivity contribution >= 4 is 29.3 Å². The average molecular weight is 354 g/mol. The quantitative estimate of drug-likeness (QED) is 0.352. The van der Waals surface area contributed by atoms with Gasteiger partial charge in [0.05, 0.1) is 9.85 Å². The van der Waals surface area contributed by atoms with Gasteiger partial charge >= 0.3 is 5.97 Å². The van der Waals surface area contributed by atoms with E-state index in [2.05, 4.69) is 4.99 Å². The van der Waals surface area contributed by atoms with E-state index in [9.17, 15) is 30.1 Å². The first-order valence-corrected chi connectivity index (χ1v) is 7.08. The molecule has 10 nitrogen and oxygen atoms in total. The third-order valence-corrected chi connectivity index (χ3v) is 3.45. The van der Waals surface area contributed by atoms with Gasteiger partial charge in [-0.05, 0) is 17.7 Å². The number of para-hydroxylation sites is 1. The molecule has 0 radical (unpaired) electrons. The van der Waals surface area contributed by atoms with Gasteiger partial charge in [-0.3, -0.25) is 20.2 Å². The van der Waals surface area contributed by atoms with Crippen LogP contribution in [0.15, 0.2) is 53.2 Å². The fourth-order valence-electron chi connectivity index (χ4n) is 2.25. The Balaban J connectivity index is 2.04. The minimum absolute atomic E-state index is 0.00404. The second kappa shape index (κ2) is 6.43. The molecule has 0 N–H and O–H groups in total. The first kappa shape index (κ1) is 16.8. The molecule has 26 heavy (non-hydrogen) atoms. The predicted octanol–water partition coefficient (Wildman–Crippen LogP) is 1.92. The summed E-state index contributed by atoms with van der Waals surface area (Å²) in [6.45, 7) is 0. The van der Waals surface area contributed by atoms with E-state index in [1.807, 2.05) is 0 Å². The van der Waals surface area contributed by atoms with Crippen molar-refractivity contribution in [2.45, 2.75) is 0 Å². The van der Waals surface area contributed by atoms with E-state index >= 15 is 0 Å². The van der Waals surface area contributed by atoms with E-state index in [0.29, 0.717) is 0 Å². The number of esters is 1. The van der Waals surface area contributed by atoms with Gasteiger partial charge in [-0.25, -0.2) is 9.79 Å². The van der Waals surface area contributed by atoms with Gasteiger partial charge < -0.3 is 9.84 Å². The fraction of sp³-hybridized carbons (Fsp3) is 0. The minimum Gasteiger partial charge on any atom is -0.872 e. The smallest absolute Gasteiger partial charge is 0.363 e. The second-order valence-electron chi connectivity index (χ2n) is 5.09. The lowest BCUT2D eigenvalue weighted by Crippen LogP contribution is -2.08. The van der Waals surface area contributed by atoms with E-state index in [1.54, 1.807) is 0 Å². The molecular weight excluding hydrogens is 346 g/mol. The monoisotopic (exact) mass is 354 g/mol. The standard InChI is InChI=1S/C16H9N3O7/c20-14-6-5-10(18(22)23)7-9(14)8-12-16(21)26-15(17-12)11-3-1-2-4-13(11)19(24)25/h1-8,20H/p-1/b12-8+. The number of hydrogen-bond donors (Lipinski definition) is 0. The third-order valence-electron chi connectivity index (χ3n) is 3.45. The molecular formula is C16H8N3O7-. The summed E-state index contributed by atoms with van der Waals surface area (Å²) in [7, 11) is 0. The molecule has 0 aliphatic carbocycles. The molecule has 0 bridgehead atoms. The van der Waals surface area contributed by atoms with E-state index in [4.69, 9.17) is 4.74 Å². The number of carbonyl (C=O) groups is 1. The van der Waals surface area contributed by atoms with E-state index < -0.39 is 21.6 Å². The Hall–Kier alpha value is -4.08. The van der Waals surface area contributed by atoms with Crippen molar-refractivity contribution in [2.24, 2.45) is 4.99 Å². The highest BCUT2D eigenvalue weighted by Crippen LogP contribution is 2.28. The minimum atomic E-state index is -0.927. The highest BCUT2D eigenvalue weighted by Gasteiger charge is 2.29.